The van der Waals surface area contributed by atoms with E-state index in [-0.39, 0.29) is 11.9 Å². The van der Waals surface area contributed by atoms with Gasteiger partial charge in [0.15, 0.2) is 0 Å². The van der Waals surface area contributed by atoms with Crippen molar-refractivity contribution < 1.29 is 4.79 Å². The highest BCUT2D eigenvalue weighted by Gasteiger charge is 2.29. The van der Waals surface area contributed by atoms with Gasteiger partial charge >= 0.3 is 0 Å². The van der Waals surface area contributed by atoms with Crippen molar-refractivity contribution in [1.82, 2.24) is 9.88 Å². The Balaban J connectivity index is 1.92. The van der Waals surface area contributed by atoms with E-state index in [1.165, 1.54) is 10.4 Å². The normalized spacial score (nSPS) is 17.9. The summed E-state index contributed by atoms with van der Waals surface area (Å²) in [5, 5.41) is 2.10. The number of nitrogen functional groups attached to an aromatic ring is 1. The minimum atomic E-state index is 0.0338. The number of pyridine rings is 1. The van der Waals surface area contributed by atoms with E-state index in [2.05, 4.69) is 23.4 Å². The van der Waals surface area contributed by atoms with Crippen LogP contribution in [0.25, 0.3) is 0 Å². The van der Waals surface area contributed by atoms with Gasteiger partial charge in [-0.15, -0.1) is 11.3 Å². The molecule has 2 aromatic rings. The molecule has 0 bridgehead atoms. The molecule has 0 radical (unpaired) electrons. The SMILES string of the molecule is Cc1cc(C(=O)N2CCc3sccc3C2C)cc(N)n1. The van der Waals surface area contributed by atoms with Gasteiger partial charge < -0.3 is 10.6 Å². The van der Waals surface area contributed by atoms with Crippen LogP contribution in [0.5, 0.6) is 0 Å². The summed E-state index contributed by atoms with van der Waals surface area (Å²) >= 11 is 1.78. The number of amides is 1. The number of fused-ring (bicyclic) bond motifs is 1. The predicted molar refractivity (Wildman–Crippen MR) is 80.9 cm³/mol. The maximum absolute atomic E-state index is 12.7. The maximum Gasteiger partial charge on any atom is 0.254 e. The Morgan fingerprint density at radius 2 is 2.30 bits per heavy atom. The lowest BCUT2D eigenvalue weighted by Gasteiger charge is -2.33. The van der Waals surface area contributed by atoms with Gasteiger partial charge in [-0.05, 0) is 49.4 Å². The van der Waals surface area contributed by atoms with E-state index >= 15 is 0 Å². The van der Waals surface area contributed by atoms with Crippen LogP contribution < -0.4 is 5.73 Å². The van der Waals surface area contributed by atoms with Gasteiger partial charge in [0.1, 0.15) is 5.82 Å². The summed E-state index contributed by atoms with van der Waals surface area (Å²) in [5.74, 6) is 0.431. The molecule has 2 aromatic heterocycles. The summed E-state index contributed by atoms with van der Waals surface area (Å²) in [6, 6.07) is 5.70. The molecule has 0 aliphatic carbocycles. The highest BCUT2D eigenvalue weighted by atomic mass is 32.1. The lowest BCUT2D eigenvalue weighted by molar-refractivity contribution is 0.0679. The Hall–Kier alpha value is -1.88. The molecular weight excluding hydrogens is 270 g/mol. The fraction of sp³-hybridized carbons (Fsp3) is 0.333. The predicted octanol–water partition coefficient (Wildman–Crippen LogP) is 2.79. The summed E-state index contributed by atoms with van der Waals surface area (Å²) < 4.78 is 0. The summed E-state index contributed by atoms with van der Waals surface area (Å²) in [6.07, 6.45) is 0.933. The van der Waals surface area contributed by atoms with Crippen molar-refractivity contribution in [1.29, 1.82) is 0 Å². The van der Waals surface area contributed by atoms with Crippen LogP contribution in [0.2, 0.25) is 0 Å². The van der Waals surface area contributed by atoms with Crippen LogP contribution in [0, 0.1) is 6.92 Å². The zero-order chi connectivity index (χ0) is 14.3. The van der Waals surface area contributed by atoms with E-state index in [1.807, 2.05) is 11.8 Å². The number of thiophene rings is 1. The first-order chi connectivity index (χ1) is 9.56. The van der Waals surface area contributed by atoms with Gasteiger partial charge in [-0.3, -0.25) is 4.79 Å². The van der Waals surface area contributed by atoms with Gasteiger partial charge in [0.25, 0.3) is 5.91 Å². The molecule has 1 atom stereocenters. The zero-order valence-corrected chi connectivity index (χ0v) is 12.4. The number of carbonyl (C=O) groups is 1. The second-order valence-corrected chi connectivity index (χ2v) is 6.15. The molecule has 0 aromatic carbocycles. The van der Waals surface area contributed by atoms with Crippen molar-refractivity contribution in [3.63, 3.8) is 0 Å². The average molecular weight is 287 g/mol. The number of carbonyl (C=O) groups excluding carboxylic acids is 1. The molecule has 4 nitrogen and oxygen atoms in total. The Morgan fingerprint density at radius 3 is 3.05 bits per heavy atom. The Bertz CT molecular complexity index is 645. The standard InChI is InChI=1S/C15H17N3OS/c1-9-7-11(8-14(16)17-9)15(19)18-5-3-13-12(10(18)2)4-6-20-13/h4,6-8,10H,3,5H2,1-2H3,(H2,16,17). The minimum Gasteiger partial charge on any atom is -0.384 e. The molecule has 104 valence electrons. The Morgan fingerprint density at radius 1 is 1.50 bits per heavy atom. The maximum atomic E-state index is 12.7. The third-order valence-electron chi connectivity index (χ3n) is 3.76. The molecule has 2 N–H and O–H groups in total. The number of aromatic nitrogens is 1. The number of hydrogen-bond acceptors (Lipinski definition) is 4. The number of anilines is 1. The summed E-state index contributed by atoms with van der Waals surface area (Å²) in [7, 11) is 0. The molecule has 0 saturated heterocycles. The van der Waals surface area contributed by atoms with Crippen molar-refractivity contribution >= 4 is 23.1 Å². The molecule has 20 heavy (non-hydrogen) atoms. The van der Waals surface area contributed by atoms with Crippen molar-refractivity contribution in [2.24, 2.45) is 0 Å². The van der Waals surface area contributed by atoms with Gasteiger partial charge in [0, 0.05) is 22.7 Å². The lowest BCUT2D eigenvalue weighted by Crippen LogP contribution is -2.38. The molecule has 0 saturated carbocycles. The zero-order valence-electron chi connectivity index (χ0n) is 11.6. The number of nitrogens with zero attached hydrogens (tertiary/aromatic N) is 2. The molecule has 1 aliphatic rings. The van der Waals surface area contributed by atoms with Crippen molar-refractivity contribution in [2.75, 3.05) is 12.3 Å². The lowest BCUT2D eigenvalue weighted by atomic mass is 10.0. The third-order valence-corrected chi connectivity index (χ3v) is 4.75. The fourth-order valence-electron chi connectivity index (χ4n) is 2.77. The Kier molecular flexibility index (Phi) is 3.22. The molecule has 1 amide bonds. The smallest absolute Gasteiger partial charge is 0.254 e. The minimum absolute atomic E-state index is 0.0338. The van der Waals surface area contributed by atoms with E-state index in [1.54, 1.807) is 23.5 Å². The van der Waals surface area contributed by atoms with E-state index in [9.17, 15) is 4.79 Å². The number of nitrogens with two attached hydrogens (primary N) is 1. The number of rotatable bonds is 1. The largest absolute Gasteiger partial charge is 0.384 e. The third kappa shape index (κ3) is 2.18. The van der Waals surface area contributed by atoms with Crippen LogP contribution in [0.15, 0.2) is 23.6 Å². The number of hydrogen-bond donors (Lipinski definition) is 1. The first kappa shape index (κ1) is 13.1. The van der Waals surface area contributed by atoms with Gasteiger partial charge in [0.2, 0.25) is 0 Å². The van der Waals surface area contributed by atoms with Crippen LogP contribution >= 0.6 is 11.3 Å². The topological polar surface area (TPSA) is 59.2 Å². The van der Waals surface area contributed by atoms with Crippen LogP contribution in [0.1, 0.15) is 39.5 Å². The molecule has 1 unspecified atom stereocenters. The monoisotopic (exact) mass is 287 g/mol. The van der Waals surface area contributed by atoms with E-state index < -0.39 is 0 Å². The van der Waals surface area contributed by atoms with Gasteiger partial charge in [-0.25, -0.2) is 4.98 Å². The summed E-state index contributed by atoms with van der Waals surface area (Å²) in [4.78, 5) is 20.1. The second-order valence-electron chi connectivity index (χ2n) is 5.15. The molecule has 3 heterocycles. The van der Waals surface area contributed by atoms with Gasteiger partial charge in [-0.1, -0.05) is 0 Å². The van der Waals surface area contributed by atoms with Crippen molar-refractivity contribution in [3.8, 4) is 0 Å². The second kappa shape index (κ2) is 4.90. The van der Waals surface area contributed by atoms with Crippen molar-refractivity contribution in [2.45, 2.75) is 26.3 Å². The molecule has 0 spiro atoms. The quantitative estimate of drug-likeness (QED) is 0.877. The van der Waals surface area contributed by atoms with Crippen LogP contribution in [-0.2, 0) is 6.42 Å². The van der Waals surface area contributed by atoms with E-state index in [4.69, 9.17) is 5.73 Å². The molecule has 0 fully saturated rings. The molecule has 3 rings (SSSR count). The van der Waals surface area contributed by atoms with E-state index in [0.717, 1.165) is 18.7 Å². The first-order valence-corrected chi connectivity index (χ1v) is 7.55. The summed E-state index contributed by atoms with van der Waals surface area (Å²) in [6.45, 7) is 4.69. The fourth-order valence-corrected chi connectivity index (χ4v) is 3.73. The molecule has 5 heteroatoms. The molecule has 1 aliphatic heterocycles. The van der Waals surface area contributed by atoms with Gasteiger partial charge in [-0.2, -0.15) is 0 Å². The van der Waals surface area contributed by atoms with Crippen LogP contribution in [-0.4, -0.2) is 22.3 Å². The van der Waals surface area contributed by atoms with Crippen LogP contribution in [0.3, 0.4) is 0 Å². The molecular formula is C15H17N3OS. The highest BCUT2D eigenvalue weighted by molar-refractivity contribution is 7.10. The van der Waals surface area contributed by atoms with Crippen LogP contribution in [0.4, 0.5) is 5.82 Å². The van der Waals surface area contributed by atoms with Gasteiger partial charge in [0.05, 0.1) is 6.04 Å². The average Bonchev–Trinajstić information content (AvgIpc) is 2.86. The Labute approximate surface area is 122 Å². The number of aryl methyl sites for hydroxylation is 1. The van der Waals surface area contributed by atoms with Crippen molar-refractivity contribution in [3.05, 3.63) is 45.3 Å². The first-order valence-electron chi connectivity index (χ1n) is 6.67. The van der Waals surface area contributed by atoms with E-state index in [0.29, 0.717) is 11.4 Å². The summed E-state index contributed by atoms with van der Waals surface area (Å²) in [5.41, 5.74) is 8.41. The highest BCUT2D eigenvalue weighted by Crippen LogP contribution is 2.33.